The number of aryl methyl sites for hydroxylation is 1. The summed E-state index contributed by atoms with van der Waals surface area (Å²) in [5, 5.41) is 4.27. The predicted octanol–water partition coefficient (Wildman–Crippen LogP) is 3.03. The molecular weight excluding hydrogens is 244 g/mol. The van der Waals surface area contributed by atoms with Crippen molar-refractivity contribution in [1.29, 1.82) is 0 Å². The lowest BCUT2D eigenvalue weighted by atomic mass is 10.1. The minimum Gasteiger partial charge on any atom is -0.357 e. The highest BCUT2D eigenvalue weighted by molar-refractivity contribution is 7.18. The second-order valence-corrected chi connectivity index (χ2v) is 5.98. The zero-order chi connectivity index (χ0) is 12.5. The Labute approximate surface area is 111 Å². The molecule has 5 heteroatoms. The molecule has 0 radical (unpaired) electrons. The number of nitrogens with zero attached hydrogens (tertiary/aromatic N) is 3. The lowest BCUT2D eigenvalue weighted by Crippen LogP contribution is -2.30. The van der Waals surface area contributed by atoms with Crippen LogP contribution in [0.3, 0.4) is 0 Å². The third kappa shape index (κ3) is 2.03. The fourth-order valence-electron chi connectivity index (χ4n) is 2.49. The van der Waals surface area contributed by atoms with E-state index in [0.717, 1.165) is 29.7 Å². The van der Waals surface area contributed by atoms with Crippen molar-refractivity contribution >= 4 is 33.3 Å². The SMILES string of the molecule is CNc1nc(N2CCCCC2)c2cc(C)sc2n1. The van der Waals surface area contributed by atoms with Gasteiger partial charge in [-0.25, -0.2) is 4.98 Å². The van der Waals surface area contributed by atoms with Crippen LogP contribution in [0, 0.1) is 6.92 Å². The van der Waals surface area contributed by atoms with Gasteiger partial charge in [0.05, 0.1) is 5.39 Å². The van der Waals surface area contributed by atoms with Crippen molar-refractivity contribution < 1.29 is 0 Å². The van der Waals surface area contributed by atoms with Gasteiger partial charge in [-0.3, -0.25) is 0 Å². The van der Waals surface area contributed by atoms with E-state index in [9.17, 15) is 0 Å². The first-order valence-electron chi connectivity index (χ1n) is 6.49. The fraction of sp³-hybridized carbons (Fsp3) is 0.538. The maximum Gasteiger partial charge on any atom is 0.225 e. The molecule has 2 aromatic heterocycles. The van der Waals surface area contributed by atoms with Gasteiger partial charge in [0, 0.05) is 25.0 Å². The van der Waals surface area contributed by atoms with Gasteiger partial charge >= 0.3 is 0 Å². The number of piperidine rings is 1. The molecule has 0 amide bonds. The van der Waals surface area contributed by atoms with Gasteiger partial charge in [-0.2, -0.15) is 4.98 Å². The van der Waals surface area contributed by atoms with Crippen molar-refractivity contribution in [3.05, 3.63) is 10.9 Å². The van der Waals surface area contributed by atoms with Gasteiger partial charge in [-0.05, 0) is 32.3 Å². The average Bonchev–Trinajstić information content (AvgIpc) is 2.78. The fourth-order valence-corrected chi connectivity index (χ4v) is 3.36. The van der Waals surface area contributed by atoms with E-state index in [2.05, 4.69) is 33.2 Å². The highest BCUT2D eigenvalue weighted by Gasteiger charge is 2.18. The van der Waals surface area contributed by atoms with E-state index >= 15 is 0 Å². The largest absolute Gasteiger partial charge is 0.357 e. The smallest absolute Gasteiger partial charge is 0.225 e. The zero-order valence-corrected chi connectivity index (χ0v) is 11.7. The Balaban J connectivity index is 2.12. The van der Waals surface area contributed by atoms with Gasteiger partial charge in [-0.15, -0.1) is 11.3 Å². The number of rotatable bonds is 2. The zero-order valence-electron chi connectivity index (χ0n) is 10.9. The summed E-state index contributed by atoms with van der Waals surface area (Å²) < 4.78 is 0. The minimum absolute atomic E-state index is 0.727. The van der Waals surface area contributed by atoms with E-state index in [1.807, 2.05) is 7.05 Å². The molecule has 2 aromatic rings. The molecule has 0 bridgehead atoms. The molecule has 18 heavy (non-hydrogen) atoms. The van der Waals surface area contributed by atoms with Gasteiger partial charge in [-0.1, -0.05) is 0 Å². The van der Waals surface area contributed by atoms with Crippen molar-refractivity contribution in [3.8, 4) is 0 Å². The molecule has 1 aliphatic rings. The van der Waals surface area contributed by atoms with E-state index in [0.29, 0.717) is 0 Å². The monoisotopic (exact) mass is 262 g/mol. The van der Waals surface area contributed by atoms with Crippen LogP contribution in [-0.2, 0) is 0 Å². The van der Waals surface area contributed by atoms with Crippen LogP contribution in [0.25, 0.3) is 10.2 Å². The Morgan fingerprint density at radius 1 is 1.22 bits per heavy atom. The molecule has 96 valence electrons. The first-order chi connectivity index (χ1) is 8.78. The number of aromatic nitrogens is 2. The number of hydrogen-bond acceptors (Lipinski definition) is 5. The standard InChI is InChI=1S/C13H18N4S/c1-9-8-10-11(17-6-4-3-5-7-17)15-13(14-2)16-12(10)18-9/h8H,3-7H2,1-2H3,(H,14,15,16). The van der Waals surface area contributed by atoms with E-state index < -0.39 is 0 Å². The quantitative estimate of drug-likeness (QED) is 0.903. The predicted molar refractivity (Wildman–Crippen MR) is 77.8 cm³/mol. The van der Waals surface area contributed by atoms with Crippen LogP contribution in [0.1, 0.15) is 24.1 Å². The summed E-state index contributed by atoms with van der Waals surface area (Å²) in [5.74, 6) is 1.83. The summed E-state index contributed by atoms with van der Waals surface area (Å²) in [6.07, 6.45) is 3.87. The molecule has 0 atom stereocenters. The van der Waals surface area contributed by atoms with Gasteiger partial charge in [0.25, 0.3) is 0 Å². The summed E-state index contributed by atoms with van der Waals surface area (Å²) in [6.45, 7) is 4.36. The number of thiophene rings is 1. The highest BCUT2D eigenvalue weighted by Crippen LogP contribution is 2.32. The van der Waals surface area contributed by atoms with Crippen molar-refractivity contribution in [2.45, 2.75) is 26.2 Å². The molecule has 0 spiro atoms. The van der Waals surface area contributed by atoms with E-state index in [4.69, 9.17) is 0 Å². The molecule has 1 fully saturated rings. The third-order valence-electron chi connectivity index (χ3n) is 3.38. The molecule has 4 nitrogen and oxygen atoms in total. The number of nitrogens with one attached hydrogen (secondary N) is 1. The molecule has 3 rings (SSSR count). The normalized spacial score (nSPS) is 16.2. The van der Waals surface area contributed by atoms with E-state index in [1.54, 1.807) is 11.3 Å². The van der Waals surface area contributed by atoms with Gasteiger partial charge in [0.1, 0.15) is 10.6 Å². The van der Waals surface area contributed by atoms with Crippen molar-refractivity contribution in [1.82, 2.24) is 9.97 Å². The third-order valence-corrected chi connectivity index (χ3v) is 4.32. The highest BCUT2D eigenvalue weighted by atomic mass is 32.1. The number of anilines is 2. The van der Waals surface area contributed by atoms with Crippen LogP contribution in [-0.4, -0.2) is 30.1 Å². The second kappa shape index (κ2) is 4.72. The van der Waals surface area contributed by atoms with E-state index in [-0.39, 0.29) is 0 Å². The lowest BCUT2D eigenvalue weighted by molar-refractivity contribution is 0.575. The maximum atomic E-state index is 4.67. The van der Waals surface area contributed by atoms with E-state index in [1.165, 1.54) is 29.5 Å². The van der Waals surface area contributed by atoms with Crippen molar-refractivity contribution in [3.63, 3.8) is 0 Å². The maximum absolute atomic E-state index is 4.67. The lowest BCUT2D eigenvalue weighted by Gasteiger charge is -2.28. The Morgan fingerprint density at radius 3 is 2.72 bits per heavy atom. The van der Waals surface area contributed by atoms with Gasteiger partial charge in [0.2, 0.25) is 5.95 Å². The van der Waals surface area contributed by atoms with Gasteiger partial charge in [0.15, 0.2) is 0 Å². The van der Waals surface area contributed by atoms with Crippen LogP contribution in [0.4, 0.5) is 11.8 Å². The number of hydrogen-bond donors (Lipinski definition) is 1. The summed E-state index contributed by atoms with van der Waals surface area (Å²) in [4.78, 5) is 14.0. The van der Waals surface area contributed by atoms with Crippen LogP contribution in [0.15, 0.2) is 6.07 Å². The first-order valence-corrected chi connectivity index (χ1v) is 7.30. The molecule has 1 saturated heterocycles. The number of fused-ring (bicyclic) bond motifs is 1. The molecular formula is C13H18N4S. The Kier molecular flexibility index (Phi) is 3.07. The molecule has 0 aromatic carbocycles. The average molecular weight is 262 g/mol. The Morgan fingerprint density at radius 2 is 2.00 bits per heavy atom. The topological polar surface area (TPSA) is 41.1 Å². The molecule has 0 unspecified atom stereocenters. The van der Waals surface area contributed by atoms with Crippen molar-refractivity contribution in [2.24, 2.45) is 0 Å². The molecule has 1 N–H and O–H groups in total. The molecule has 0 saturated carbocycles. The van der Waals surface area contributed by atoms with Crippen LogP contribution in [0.5, 0.6) is 0 Å². The van der Waals surface area contributed by atoms with Crippen molar-refractivity contribution in [2.75, 3.05) is 30.4 Å². The Bertz CT molecular complexity index is 557. The first kappa shape index (κ1) is 11.7. The van der Waals surface area contributed by atoms with Gasteiger partial charge < -0.3 is 10.2 Å². The van der Waals surface area contributed by atoms with Crippen LogP contribution >= 0.6 is 11.3 Å². The summed E-state index contributed by atoms with van der Waals surface area (Å²) >= 11 is 1.74. The van der Waals surface area contributed by atoms with Crippen LogP contribution in [0.2, 0.25) is 0 Å². The second-order valence-electron chi connectivity index (χ2n) is 4.74. The summed E-state index contributed by atoms with van der Waals surface area (Å²) in [5.41, 5.74) is 0. The Hall–Kier alpha value is -1.36. The summed E-state index contributed by atoms with van der Waals surface area (Å²) in [7, 11) is 1.88. The minimum atomic E-state index is 0.727. The van der Waals surface area contributed by atoms with Crippen LogP contribution < -0.4 is 10.2 Å². The molecule has 3 heterocycles. The summed E-state index contributed by atoms with van der Waals surface area (Å²) in [6, 6.07) is 2.21. The molecule has 1 aliphatic heterocycles. The molecule has 0 aliphatic carbocycles.